The van der Waals surface area contributed by atoms with Gasteiger partial charge in [-0.1, -0.05) is 51.3 Å². The Bertz CT molecular complexity index is 584. The summed E-state index contributed by atoms with van der Waals surface area (Å²) >= 11 is 15.6. The summed E-state index contributed by atoms with van der Waals surface area (Å²) in [5.74, 6) is 0. The molecule has 4 heteroatoms. The van der Waals surface area contributed by atoms with Gasteiger partial charge in [0.25, 0.3) is 0 Å². The van der Waals surface area contributed by atoms with Gasteiger partial charge in [-0.2, -0.15) is 0 Å². The number of hydrogen-bond acceptors (Lipinski definition) is 1. The highest BCUT2D eigenvalue weighted by Crippen LogP contribution is 2.30. The van der Waals surface area contributed by atoms with Crippen LogP contribution < -0.4 is 5.73 Å². The molecule has 2 N–H and O–H groups in total. The fourth-order valence-corrected chi connectivity index (χ4v) is 2.46. The first kappa shape index (κ1) is 13.9. The van der Waals surface area contributed by atoms with Crippen molar-refractivity contribution in [2.75, 3.05) is 0 Å². The predicted octanol–water partition coefficient (Wildman–Crippen LogP) is 5.11. The van der Waals surface area contributed by atoms with Crippen molar-refractivity contribution in [3.63, 3.8) is 0 Å². The van der Waals surface area contributed by atoms with Gasteiger partial charge < -0.3 is 5.73 Å². The van der Waals surface area contributed by atoms with Crippen LogP contribution in [0.1, 0.15) is 22.7 Å². The third kappa shape index (κ3) is 2.89. The molecule has 1 nitrogen and oxygen atoms in total. The quantitative estimate of drug-likeness (QED) is 0.804. The first-order chi connectivity index (χ1) is 8.49. The molecule has 0 aliphatic heterocycles. The summed E-state index contributed by atoms with van der Waals surface area (Å²) in [6.07, 6.45) is 0. The van der Waals surface area contributed by atoms with Gasteiger partial charge in [-0.05, 0) is 47.9 Å². The summed E-state index contributed by atoms with van der Waals surface area (Å²) in [6, 6.07) is 11.1. The van der Waals surface area contributed by atoms with Crippen molar-refractivity contribution >= 4 is 39.1 Å². The number of aryl methyl sites for hydroxylation is 1. The fraction of sp³-hybridized carbons (Fsp3) is 0.143. The summed E-state index contributed by atoms with van der Waals surface area (Å²) < 4.78 is 1.07. The van der Waals surface area contributed by atoms with Crippen LogP contribution in [0.4, 0.5) is 0 Å². The third-order valence-corrected chi connectivity index (χ3v) is 4.30. The van der Waals surface area contributed by atoms with Gasteiger partial charge in [-0.15, -0.1) is 0 Å². The number of halogens is 3. The Balaban J connectivity index is 2.44. The summed E-state index contributed by atoms with van der Waals surface area (Å²) in [5, 5.41) is 1.27. The normalized spacial score (nSPS) is 12.5. The molecule has 0 heterocycles. The minimum Gasteiger partial charge on any atom is -0.320 e. The van der Waals surface area contributed by atoms with Crippen LogP contribution in [0.15, 0.2) is 40.9 Å². The van der Waals surface area contributed by atoms with E-state index in [1.54, 1.807) is 12.1 Å². The maximum atomic E-state index is 6.25. The molecular weight excluding hydrogens is 333 g/mol. The van der Waals surface area contributed by atoms with Crippen LogP contribution in [0.5, 0.6) is 0 Å². The maximum Gasteiger partial charge on any atom is 0.0567 e. The van der Waals surface area contributed by atoms with Crippen LogP contribution in [-0.2, 0) is 0 Å². The van der Waals surface area contributed by atoms with Gasteiger partial charge in [-0.25, -0.2) is 0 Å². The number of rotatable bonds is 2. The molecule has 0 fully saturated rings. The first-order valence-electron chi connectivity index (χ1n) is 5.45. The molecule has 0 saturated heterocycles. The first-order valence-corrected chi connectivity index (χ1v) is 7.00. The zero-order chi connectivity index (χ0) is 13.3. The maximum absolute atomic E-state index is 6.25. The van der Waals surface area contributed by atoms with Crippen molar-refractivity contribution in [2.24, 2.45) is 5.73 Å². The molecular formula is C14H12BrCl2N. The van der Waals surface area contributed by atoms with Gasteiger partial charge in [0.15, 0.2) is 0 Å². The molecule has 0 aliphatic carbocycles. The molecule has 0 amide bonds. The van der Waals surface area contributed by atoms with Crippen LogP contribution in [0.3, 0.4) is 0 Å². The summed E-state index contributed by atoms with van der Waals surface area (Å²) in [7, 11) is 0. The molecule has 2 aromatic carbocycles. The largest absolute Gasteiger partial charge is 0.320 e. The minimum absolute atomic E-state index is 0.275. The topological polar surface area (TPSA) is 26.0 Å². The van der Waals surface area contributed by atoms with Gasteiger partial charge in [0.2, 0.25) is 0 Å². The van der Waals surface area contributed by atoms with Crippen molar-refractivity contribution in [1.29, 1.82) is 0 Å². The van der Waals surface area contributed by atoms with E-state index in [9.17, 15) is 0 Å². The van der Waals surface area contributed by atoms with E-state index in [1.807, 2.05) is 31.2 Å². The molecule has 2 aromatic rings. The zero-order valence-corrected chi connectivity index (χ0v) is 12.9. The van der Waals surface area contributed by atoms with E-state index >= 15 is 0 Å². The smallest absolute Gasteiger partial charge is 0.0567 e. The molecule has 2 rings (SSSR count). The van der Waals surface area contributed by atoms with Crippen LogP contribution in [0.2, 0.25) is 10.0 Å². The highest BCUT2D eigenvalue weighted by molar-refractivity contribution is 9.10. The monoisotopic (exact) mass is 343 g/mol. The van der Waals surface area contributed by atoms with E-state index in [0.29, 0.717) is 10.0 Å². The number of hydrogen-bond donors (Lipinski definition) is 1. The Hall–Kier alpha value is -0.540. The lowest BCUT2D eigenvalue weighted by atomic mass is 9.98. The summed E-state index contributed by atoms with van der Waals surface area (Å²) in [4.78, 5) is 0. The predicted molar refractivity (Wildman–Crippen MR) is 81.4 cm³/mol. The van der Waals surface area contributed by atoms with Gasteiger partial charge >= 0.3 is 0 Å². The summed E-state index contributed by atoms with van der Waals surface area (Å²) in [6.45, 7) is 2.03. The van der Waals surface area contributed by atoms with Crippen molar-refractivity contribution in [3.05, 3.63) is 67.6 Å². The van der Waals surface area contributed by atoms with Crippen molar-refractivity contribution < 1.29 is 0 Å². The SMILES string of the molecule is Cc1cc(C(N)c2cc(Cl)ccc2Cl)ccc1Br. The Morgan fingerprint density at radius 1 is 1.11 bits per heavy atom. The molecule has 94 valence electrons. The van der Waals surface area contributed by atoms with E-state index in [0.717, 1.165) is 21.2 Å². The van der Waals surface area contributed by atoms with Crippen LogP contribution >= 0.6 is 39.1 Å². The molecule has 1 unspecified atom stereocenters. The van der Waals surface area contributed by atoms with Gasteiger partial charge in [0.1, 0.15) is 0 Å². The Kier molecular flexibility index (Phi) is 4.33. The second kappa shape index (κ2) is 5.62. The number of nitrogens with two attached hydrogens (primary N) is 1. The fourth-order valence-electron chi connectivity index (χ4n) is 1.79. The third-order valence-electron chi connectivity index (χ3n) is 2.83. The van der Waals surface area contributed by atoms with Crippen LogP contribution in [0, 0.1) is 6.92 Å². The number of benzene rings is 2. The van der Waals surface area contributed by atoms with E-state index in [-0.39, 0.29) is 6.04 Å². The van der Waals surface area contributed by atoms with E-state index in [2.05, 4.69) is 15.9 Å². The molecule has 0 aromatic heterocycles. The lowest BCUT2D eigenvalue weighted by Crippen LogP contribution is -2.12. The molecule has 0 radical (unpaired) electrons. The van der Waals surface area contributed by atoms with Crippen LogP contribution in [-0.4, -0.2) is 0 Å². The Morgan fingerprint density at radius 2 is 1.83 bits per heavy atom. The second-order valence-electron chi connectivity index (χ2n) is 4.15. The van der Waals surface area contributed by atoms with Crippen LogP contribution in [0.25, 0.3) is 0 Å². The standard InChI is InChI=1S/C14H12BrCl2N/c1-8-6-9(2-4-12(8)15)14(18)11-7-10(16)3-5-13(11)17/h2-7,14H,18H2,1H3. The molecule has 0 saturated carbocycles. The van der Waals surface area contributed by atoms with E-state index in [4.69, 9.17) is 28.9 Å². The molecule has 1 atom stereocenters. The van der Waals surface area contributed by atoms with Gasteiger partial charge in [-0.3, -0.25) is 0 Å². The summed E-state index contributed by atoms with van der Waals surface area (Å²) in [5.41, 5.74) is 9.24. The molecule has 0 spiro atoms. The van der Waals surface area contributed by atoms with E-state index < -0.39 is 0 Å². The lowest BCUT2D eigenvalue weighted by Gasteiger charge is -2.15. The zero-order valence-electron chi connectivity index (χ0n) is 9.75. The van der Waals surface area contributed by atoms with Crippen molar-refractivity contribution in [3.8, 4) is 0 Å². The molecule has 18 heavy (non-hydrogen) atoms. The average Bonchev–Trinajstić information content (AvgIpc) is 2.35. The van der Waals surface area contributed by atoms with E-state index in [1.165, 1.54) is 0 Å². The Labute approximate surface area is 125 Å². The highest BCUT2D eigenvalue weighted by Gasteiger charge is 2.13. The highest BCUT2D eigenvalue weighted by atomic mass is 79.9. The van der Waals surface area contributed by atoms with Crippen molar-refractivity contribution in [1.82, 2.24) is 0 Å². The Morgan fingerprint density at radius 3 is 2.50 bits per heavy atom. The molecule has 0 aliphatic rings. The second-order valence-corrected chi connectivity index (χ2v) is 5.85. The van der Waals surface area contributed by atoms with Gasteiger partial charge in [0, 0.05) is 14.5 Å². The molecule has 0 bridgehead atoms. The lowest BCUT2D eigenvalue weighted by molar-refractivity contribution is 0.869. The van der Waals surface area contributed by atoms with Gasteiger partial charge in [0.05, 0.1) is 6.04 Å². The average molecular weight is 345 g/mol. The minimum atomic E-state index is -0.275. The van der Waals surface area contributed by atoms with Crippen molar-refractivity contribution in [2.45, 2.75) is 13.0 Å².